The molecule has 0 aromatic heterocycles. The number of rotatable bonds is 29. The first-order chi connectivity index (χ1) is 53.0. The fourth-order valence-corrected chi connectivity index (χ4v) is 14.5. The van der Waals surface area contributed by atoms with Gasteiger partial charge in [0.25, 0.3) is 0 Å². The predicted molar refractivity (Wildman–Crippen MR) is 343 cm³/mol. The summed E-state index contributed by atoms with van der Waals surface area (Å²) < 4.78 is 101. The van der Waals surface area contributed by atoms with Gasteiger partial charge in [-0.1, -0.05) is 0 Å². The van der Waals surface area contributed by atoms with Crippen LogP contribution in [0.4, 0.5) is 0 Å². The number of aliphatic hydroxyl groups excluding tert-OH is 25. The molecule has 9 heterocycles. The first-order valence-corrected chi connectivity index (χ1v) is 35.6. The smallest absolute Gasteiger partial charge is 0.217 e. The number of nitrogens with one attached hydrogen (secondary N) is 4. The summed E-state index contributed by atoms with van der Waals surface area (Å²) in [6, 6.07) is -7.42. The number of aliphatic hydroxyl groups is 25. The fraction of sp³-hybridized carbons (Fsp3) is 0.935. The van der Waals surface area contributed by atoms with Crippen LogP contribution in [0.3, 0.4) is 0 Å². The third-order valence-electron chi connectivity index (χ3n) is 20.4. The summed E-state index contributed by atoms with van der Waals surface area (Å²) >= 11 is 0. The summed E-state index contributed by atoms with van der Waals surface area (Å²) in [6.45, 7) is -6.01. The molecule has 9 saturated heterocycles. The van der Waals surface area contributed by atoms with E-state index in [0.717, 1.165) is 27.7 Å². The van der Waals surface area contributed by atoms with Crippen molar-refractivity contribution in [3.8, 4) is 0 Å². The molecule has 4 amide bonds. The van der Waals surface area contributed by atoms with E-state index in [9.17, 15) is 147 Å². The van der Waals surface area contributed by atoms with E-state index in [-0.39, 0.29) is 0 Å². The van der Waals surface area contributed by atoms with E-state index < -0.39 is 359 Å². The number of hydrogen-bond acceptors (Lipinski definition) is 46. The van der Waals surface area contributed by atoms with E-state index in [1.54, 1.807) is 0 Å². The second-order valence-corrected chi connectivity index (χ2v) is 28.2. The Morgan fingerprint density at radius 2 is 0.482 bits per heavy atom. The average Bonchev–Trinajstić information content (AvgIpc) is 0.769. The number of carbonyl (C=O) groups excluding carboxylic acids is 4. The van der Waals surface area contributed by atoms with Crippen LogP contribution in [0.1, 0.15) is 27.7 Å². The minimum Gasteiger partial charge on any atom is -0.394 e. The van der Waals surface area contributed by atoms with Gasteiger partial charge in [-0.15, -0.1) is 0 Å². The lowest BCUT2D eigenvalue weighted by atomic mass is 9.93. The van der Waals surface area contributed by atoms with E-state index in [2.05, 4.69) is 21.3 Å². The van der Waals surface area contributed by atoms with Gasteiger partial charge in [-0.05, 0) is 0 Å². The number of carbonyl (C=O) groups is 4. The van der Waals surface area contributed by atoms with Crippen LogP contribution in [-0.2, 0) is 99.7 Å². The minimum atomic E-state index is -2.57. The highest BCUT2D eigenvalue weighted by atomic mass is 16.8. The normalized spacial score (nSPS) is 48.9. The molecule has 50 nitrogen and oxygen atoms in total. The molecule has 112 heavy (non-hydrogen) atoms. The Kier molecular flexibility index (Phi) is 33.1. The standard InChI is InChI=1S/C62H104N4O46/c1-14(75)63-27-36(84)47(22(9-71)97-54(27)95)106-55-28(64-15(2)76)37(85)50(25(12-74)102-55)109-60-46(94)51(110-62-53(43(91)34(82)21(8-70)101-62)112-57-30(66-17(4)78)39(87)49(24(11-73)104-57)108-59-45(93)41(89)32(80)19(6-68)99-59)35(83)26(105-60)13-96-61-52(42(90)33(81)20(7-69)100-61)111-56-29(65-16(3)77)38(86)48(23(10-72)103-56)107-58-44(92)40(88)31(79)18(5-67)98-58/h18-62,67-74,79-95H,5-13H2,1-4H3,(H,63,75)(H,64,76)(H,65,77)(H,66,78)/t18-,19-,20-,21+,22+,23-,24-,25+,26+,27-,28-,29+,30+,31+,32+,33-,34+,35+,36-,37-,38+,39+,40-,41-,42-,43?,44+,45?,46+,47+,48-,49-,50+,51-,52-,53-,54+,55-,56+,57+,58+,59+,60?,61+,62+/m0/s1. The summed E-state index contributed by atoms with van der Waals surface area (Å²) in [7, 11) is 0. The molecule has 0 radical (unpaired) electrons. The Hall–Kier alpha value is -3.80. The van der Waals surface area contributed by atoms with Gasteiger partial charge in [0.05, 0.1) is 59.5 Å². The highest BCUT2D eigenvalue weighted by Gasteiger charge is 2.61. The van der Waals surface area contributed by atoms with Gasteiger partial charge in [0.1, 0.15) is 219 Å². The van der Waals surface area contributed by atoms with Gasteiger partial charge >= 0.3 is 0 Å². The molecule has 29 N–H and O–H groups in total. The first-order valence-electron chi connectivity index (χ1n) is 35.6. The Morgan fingerprint density at radius 1 is 0.232 bits per heavy atom. The summed E-state index contributed by atoms with van der Waals surface area (Å²) in [6.07, 6.45) is -85.1. The maximum atomic E-state index is 13.0. The zero-order valence-electron chi connectivity index (χ0n) is 60.1. The number of hydrogen-bond donors (Lipinski definition) is 29. The van der Waals surface area contributed by atoms with Gasteiger partial charge in [-0.2, -0.15) is 0 Å². The Bertz CT molecular complexity index is 2970. The largest absolute Gasteiger partial charge is 0.394 e. The van der Waals surface area contributed by atoms with Gasteiger partial charge in [0.15, 0.2) is 56.6 Å². The highest BCUT2D eigenvalue weighted by Crippen LogP contribution is 2.40. The van der Waals surface area contributed by atoms with Crippen LogP contribution in [0.15, 0.2) is 0 Å². The fourth-order valence-electron chi connectivity index (χ4n) is 14.5. The van der Waals surface area contributed by atoms with Gasteiger partial charge in [0.2, 0.25) is 23.6 Å². The van der Waals surface area contributed by atoms with Crippen LogP contribution in [0, 0.1) is 0 Å². The van der Waals surface area contributed by atoms with E-state index in [0.29, 0.717) is 0 Å². The second-order valence-electron chi connectivity index (χ2n) is 28.2. The molecule has 50 heteroatoms. The Morgan fingerprint density at radius 3 is 0.830 bits per heavy atom. The molecule has 3 unspecified atom stereocenters. The van der Waals surface area contributed by atoms with Crippen molar-refractivity contribution in [1.82, 2.24) is 21.3 Å². The van der Waals surface area contributed by atoms with Crippen molar-refractivity contribution < 1.29 is 227 Å². The summed E-state index contributed by atoms with van der Waals surface area (Å²) in [5.41, 5.74) is 0. The third-order valence-corrected chi connectivity index (χ3v) is 20.4. The zero-order valence-corrected chi connectivity index (χ0v) is 60.1. The van der Waals surface area contributed by atoms with Crippen LogP contribution in [0.2, 0.25) is 0 Å². The molecule has 0 aromatic rings. The third kappa shape index (κ3) is 20.2. The highest BCUT2D eigenvalue weighted by molar-refractivity contribution is 5.74. The van der Waals surface area contributed by atoms with Crippen LogP contribution < -0.4 is 21.3 Å². The zero-order chi connectivity index (χ0) is 82.5. The molecule has 9 rings (SSSR count). The van der Waals surface area contributed by atoms with E-state index in [1.807, 2.05) is 0 Å². The molecule has 648 valence electrons. The minimum absolute atomic E-state index is 0.788. The van der Waals surface area contributed by atoms with Crippen molar-refractivity contribution in [3.05, 3.63) is 0 Å². The lowest BCUT2D eigenvalue weighted by Gasteiger charge is -2.51. The molecule has 0 aromatic carbocycles. The Labute approximate surface area is 634 Å². The summed E-state index contributed by atoms with van der Waals surface area (Å²) in [4.78, 5) is 50.9. The van der Waals surface area contributed by atoms with Crippen LogP contribution in [0.25, 0.3) is 0 Å². The second kappa shape index (κ2) is 40.3. The molecule has 0 saturated carbocycles. The topological polar surface area (TPSA) is 779 Å². The maximum Gasteiger partial charge on any atom is 0.217 e. The van der Waals surface area contributed by atoms with Gasteiger partial charge < -0.3 is 229 Å². The quantitative estimate of drug-likeness (QED) is 0.0331. The monoisotopic (exact) mass is 1640 g/mol. The molecule has 9 aliphatic heterocycles. The van der Waals surface area contributed by atoms with Crippen molar-refractivity contribution >= 4 is 23.6 Å². The van der Waals surface area contributed by atoms with E-state index in [4.69, 9.17) is 80.5 Å². The predicted octanol–water partition coefficient (Wildman–Crippen LogP) is -20.1. The molecular formula is C62H104N4O46. The van der Waals surface area contributed by atoms with Crippen LogP contribution >= 0.6 is 0 Å². The number of amides is 4. The maximum absolute atomic E-state index is 13.0. The lowest BCUT2D eigenvalue weighted by Crippen LogP contribution is -2.71. The molecule has 0 aliphatic carbocycles. The molecule has 45 atom stereocenters. The van der Waals surface area contributed by atoms with Crippen molar-refractivity contribution in [3.63, 3.8) is 0 Å². The molecule has 0 spiro atoms. The SMILES string of the molecule is CC(=O)N[C@@H]1[C@H](O[C@H]2[C@@H](O)[C@H](NC(C)=O)[C@H](O)O[C@@H]2CO)O[C@H](CO)[C@@H](OC2O[C@H](CO[C@@H]3O[C@@H](CO)[C@H](O)[C@H](O)[C@@H]3O[C@H]3O[C@@H](CO)[C@H](O[C@H]4O[C@@H](CO)[C@@H](O)[C@H](O)[C@H]4O)[C@H](O)[C@H]3NC(C)=O)[C@@H](O)[C@H](O[C@H]3O[C@H](CO)[C@@H](O)C(O)[C@@H]3O[C@H]3O[C@@H](CO)[C@H](O[C@H]4O[C@@H](CO)[C@@H](O)[C@H](O)C4O)[C@H](O)[C@H]3NC(C)=O)[C@H]2O)[C@H]1O. The van der Waals surface area contributed by atoms with Crippen molar-refractivity contribution in [2.24, 2.45) is 0 Å². The van der Waals surface area contributed by atoms with Crippen molar-refractivity contribution in [1.29, 1.82) is 0 Å². The average molecular weight is 1640 g/mol. The van der Waals surface area contributed by atoms with E-state index in [1.165, 1.54) is 0 Å². The van der Waals surface area contributed by atoms with Crippen molar-refractivity contribution in [2.45, 2.75) is 304 Å². The van der Waals surface area contributed by atoms with Crippen LogP contribution in [-0.4, -0.2) is 487 Å². The van der Waals surface area contributed by atoms with Crippen molar-refractivity contribution in [2.75, 3.05) is 59.5 Å². The Balaban J connectivity index is 1.05. The molecular weight excluding hydrogens is 1540 g/mol. The van der Waals surface area contributed by atoms with Gasteiger partial charge in [0, 0.05) is 27.7 Å². The number of ether oxygens (including phenoxy) is 17. The van der Waals surface area contributed by atoms with Crippen LogP contribution in [0.5, 0.6) is 0 Å². The summed E-state index contributed by atoms with van der Waals surface area (Å²) in [5.74, 6) is -3.62. The van der Waals surface area contributed by atoms with E-state index >= 15 is 0 Å². The summed E-state index contributed by atoms with van der Waals surface area (Å²) in [5, 5.41) is 286. The van der Waals surface area contributed by atoms with Gasteiger partial charge in [-0.3, -0.25) is 19.2 Å². The molecule has 9 aliphatic rings. The molecule has 0 bridgehead atoms. The first kappa shape index (κ1) is 92.1. The lowest BCUT2D eigenvalue weighted by molar-refractivity contribution is -0.399. The van der Waals surface area contributed by atoms with Gasteiger partial charge in [-0.25, -0.2) is 0 Å². The molecule has 9 fully saturated rings.